The molecule has 26 heavy (non-hydrogen) atoms. The van der Waals surface area contributed by atoms with Crippen LogP contribution in [0.3, 0.4) is 0 Å². The van der Waals surface area contributed by atoms with E-state index in [4.69, 9.17) is 0 Å². The van der Waals surface area contributed by atoms with Gasteiger partial charge in [-0.2, -0.15) is 4.31 Å². The van der Waals surface area contributed by atoms with Crippen LogP contribution >= 0.6 is 0 Å². The van der Waals surface area contributed by atoms with E-state index in [1.54, 1.807) is 11.0 Å². The zero-order chi connectivity index (χ0) is 18.9. The average molecular weight is 379 g/mol. The summed E-state index contributed by atoms with van der Waals surface area (Å²) in [6, 6.07) is 5.59. The second-order valence-corrected chi connectivity index (χ2v) is 10.6. The summed E-state index contributed by atoms with van der Waals surface area (Å²) in [5, 5.41) is 0. The van der Waals surface area contributed by atoms with E-state index in [0.717, 1.165) is 19.3 Å². The van der Waals surface area contributed by atoms with Crippen LogP contribution in [0.2, 0.25) is 0 Å². The molecule has 0 atom stereocenters. The maximum atomic E-state index is 13.0. The van der Waals surface area contributed by atoms with E-state index >= 15 is 0 Å². The van der Waals surface area contributed by atoms with Crippen LogP contribution in [-0.2, 0) is 27.7 Å². The normalized spacial score (nSPS) is 19.3. The van der Waals surface area contributed by atoms with Crippen LogP contribution in [-0.4, -0.2) is 49.7 Å². The minimum Gasteiger partial charge on any atom is -0.340 e. The predicted octanol–water partition coefficient (Wildman–Crippen LogP) is 2.83. The van der Waals surface area contributed by atoms with Crippen LogP contribution in [0.15, 0.2) is 23.1 Å². The fraction of sp³-hybridized carbons (Fsp3) is 0.650. The van der Waals surface area contributed by atoms with Crippen molar-refractivity contribution in [3.8, 4) is 0 Å². The Bertz CT molecular complexity index is 773. The van der Waals surface area contributed by atoms with Crippen LogP contribution in [0.5, 0.6) is 0 Å². The number of hydrogen-bond acceptors (Lipinski definition) is 3. The van der Waals surface area contributed by atoms with E-state index in [1.165, 1.54) is 21.9 Å². The van der Waals surface area contributed by atoms with Crippen molar-refractivity contribution >= 4 is 15.9 Å². The van der Waals surface area contributed by atoms with E-state index in [9.17, 15) is 13.2 Å². The molecule has 1 fully saturated rings. The van der Waals surface area contributed by atoms with Gasteiger partial charge in [0.2, 0.25) is 15.9 Å². The van der Waals surface area contributed by atoms with Crippen molar-refractivity contribution in [2.45, 2.75) is 57.8 Å². The Morgan fingerprint density at radius 2 is 1.62 bits per heavy atom. The van der Waals surface area contributed by atoms with Gasteiger partial charge in [0.15, 0.2) is 0 Å². The Hall–Kier alpha value is -1.40. The molecule has 0 N–H and O–H groups in total. The van der Waals surface area contributed by atoms with Gasteiger partial charge in [-0.1, -0.05) is 26.8 Å². The number of piperazine rings is 1. The number of rotatable bonds is 3. The molecule has 1 aromatic rings. The quantitative estimate of drug-likeness (QED) is 0.813. The molecule has 1 aliphatic carbocycles. The van der Waals surface area contributed by atoms with E-state index in [-0.39, 0.29) is 11.3 Å². The van der Waals surface area contributed by atoms with Crippen molar-refractivity contribution in [1.29, 1.82) is 0 Å². The van der Waals surface area contributed by atoms with Gasteiger partial charge in [-0.05, 0) is 54.4 Å². The van der Waals surface area contributed by atoms with Crippen molar-refractivity contribution in [2.24, 2.45) is 5.41 Å². The van der Waals surface area contributed by atoms with Gasteiger partial charge in [-0.15, -0.1) is 0 Å². The Balaban J connectivity index is 1.67. The summed E-state index contributed by atoms with van der Waals surface area (Å²) in [6.07, 6.45) is 4.82. The zero-order valence-corrected chi connectivity index (χ0v) is 16.9. The summed E-state index contributed by atoms with van der Waals surface area (Å²) in [5.41, 5.74) is 2.41. The molecule has 1 aromatic carbocycles. The number of benzene rings is 1. The van der Waals surface area contributed by atoms with Crippen molar-refractivity contribution in [3.63, 3.8) is 0 Å². The highest BCUT2D eigenvalue weighted by Crippen LogP contribution is 2.26. The average Bonchev–Trinajstić information content (AvgIpc) is 2.60. The Morgan fingerprint density at radius 1 is 1.00 bits per heavy atom. The lowest BCUT2D eigenvalue weighted by atomic mass is 9.91. The van der Waals surface area contributed by atoms with Gasteiger partial charge in [0.05, 0.1) is 4.90 Å². The summed E-state index contributed by atoms with van der Waals surface area (Å²) in [7, 11) is -3.48. The summed E-state index contributed by atoms with van der Waals surface area (Å²) in [4.78, 5) is 14.6. The number of aryl methyl sites for hydroxylation is 2. The topological polar surface area (TPSA) is 57.7 Å². The van der Waals surface area contributed by atoms with Gasteiger partial charge in [0, 0.05) is 32.6 Å². The first-order valence-corrected chi connectivity index (χ1v) is 11.0. The summed E-state index contributed by atoms with van der Waals surface area (Å²) >= 11 is 0. The molecule has 0 unspecified atom stereocenters. The molecule has 0 saturated carbocycles. The second-order valence-electron chi connectivity index (χ2n) is 8.66. The molecule has 0 bridgehead atoms. The fourth-order valence-electron chi connectivity index (χ4n) is 3.76. The first-order valence-electron chi connectivity index (χ1n) is 9.56. The van der Waals surface area contributed by atoms with Gasteiger partial charge in [0.1, 0.15) is 0 Å². The fourth-order valence-corrected chi connectivity index (χ4v) is 5.24. The van der Waals surface area contributed by atoms with Crippen LogP contribution in [0, 0.1) is 5.41 Å². The van der Waals surface area contributed by atoms with Crippen molar-refractivity contribution < 1.29 is 13.2 Å². The molecule has 2 aliphatic rings. The summed E-state index contributed by atoms with van der Waals surface area (Å²) < 4.78 is 27.5. The largest absolute Gasteiger partial charge is 0.340 e. The lowest BCUT2D eigenvalue weighted by molar-refractivity contribution is -0.134. The minimum absolute atomic E-state index is 0.0522. The molecule has 0 aromatic heterocycles. The van der Waals surface area contributed by atoms with Crippen molar-refractivity contribution in [3.05, 3.63) is 29.3 Å². The molecule has 6 heteroatoms. The van der Waals surface area contributed by atoms with Gasteiger partial charge < -0.3 is 4.90 Å². The molecule has 1 amide bonds. The molecular weight excluding hydrogens is 348 g/mol. The molecular formula is C20H30N2O3S. The number of hydrogen-bond donors (Lipinski definition) is 0. The molecule has 144 valence electrons. The third kappa shape index (κ3) is 4.29. The van der Waals surface area contributed by atoms with E-state index in [1.807, 2.05) is 32.9 Å². The minimum atomic E-state index is -3.48. The van der Waals surface area contributed by atoms with Gasteiger partial charge in [-0.3, -0.25) is 4.79 Å². The lowest BCUT2D eigenvalue weighted by Crippen LogP contribution is -2.51. The van der Waals surface area contributed by atoms with Crippen LogP contribution in [0.4, 0.5) is 0 Å². The number of amides is 1. The summed E-state index contributed by atoms with van der Waals surface area (Å²) in [6.45, 7) is 7.81. The van der Waals surface area contributed by atoms with Crippen molar-refractivity contribution in [1.82, 2.24) is 9.21 Å². The Kier molecular flexibility index (Phi) is 5.45. The highest BCUT2D eigenvalue weighted by Gasteiger charge is 2.31. The number of carbonyl (C=O) groups is 1. The Labute approximate surface area is 157 Å². The molecule has 1 saturated heterocycles. The first-order chi connectivity index (χ1) is 12.2. The maximum absolute atomic E-state index is 13.0. The van der Waals surface area contributed by atoms with Crippen LogP contribution in [0.1, 0.15) is 51.2 Å². The van der Waals surface area contributed by atoms with E-state index in [0.29, 0.717) is 37.5 Å². The van der Waals surface area contributed by atoms with Gasteiger partial charge in [-0.25, -0.2) is 8.42 Å². The van der Waals surface area contributed by atoms with Crippen LogP contribution < -0.4 is 0 Å². The third-order valence-corrected chi connectivity index (χ3v) is 7.13. The van der Waals surface area contributed by atoms with Gasteiger partial charge >= 0.3 is 0 Å². The predicted molar refractivity (Wildman–Crippen MR) is 102 cm³/mol. The maximum Gasteiger partial charge on any atom is 0.243 e. The van der Waals surface area contributed by atoms with E-state index in [2.05, 4.69) is 0 Å². The smallest absolute Gasteiger partial charge is 0.243 e. The second kappa shape index (κ2) is 7.31. The molecule has 0 spiro atoms. The molecule has 1 heterocycles. The van der Waals surface area contributed by atoms with Gasteiger partial charge in [0.25, 0.3) is 0 Å². The number of sulfonamides is 1. The number of fused-ring (bicyclic) bond motifs is 1. The first kappa shape index (κ1) is 19.4. The van der Waals surface area contributed by atoms with Crippen molar-refractivity contribution in [2.75, 3.05) is 26.2 Å². The monoisotopic (exact) mass is 378 g/mol. The standard InChI is InChI=1S/C20H30N2O3S/c1-20(2,3)15-19(23)21-10-12-22(13-11-21)26(24,25)18-9-8-16-6-4-5-7-17(16)14-18/h8-9,14H,4-7,10-13,15H2,1-3H3. The van der Waals surface area contributed by atoms with Crippen LogP contribution in [0.25, 0.3) is 0 Å². The molecule has 5 nitrogen and oxygen atoms in total. The molecule has 1 aliphatic heterocycles. The highest BCUT2D eigenvalue weighted by atomic mass is 32.2. The number of nitrogens with zero attached hydrogens (tertiary/aromatic N) is 2. The van der Waals surface area contributed by atoms with E-state index < -0.39 is 10.0 Å². The third-order valence-electron chi connectivity index (χ3n) is 5.23. The zero-order valence-electron chi connectivity index (χ0n) is 16.1. The SMILES string of the molecule is CC(C)(C)CC(=O)N1CCN(S(=O)(=O)c2ccc3c(c2)CCCC3)CC1. The Morgan fingerprint density at radius 3 is 2.23 bits per heavy atom. The highest BCUT2D eigenvalue weighted by molar-refractivity contribution is 7.89. The molecule has 3 rings (SSSR count). The summed E-state index contributed by atoms with van der Waals surface area (Å²) in [5.74, 6) is 0.114. The lowest BCUT2D eigenvalue weighted by Gasteiger charge is -2.35. The molecule has 0 radical (unpaired) electrons. The number of carbonyl (C=O) groups excluding carboxylic acids is 1.